The molecule has 0 radical (unpaired) electrons. The summed E-state index contributed by atoms with van der Waals surface area (Å²) in [5, 5.41) is 9.95. The second-order valence-corrected chi connectivity index (χ2v) is 5.89. The Hall–Kier alpha value is -2.44. The van der Waals surface area contributed by atoms with E-state index in [1.165, 1.54) is 5.56 Å². The van der Waals surface area contributed by atoms with Crippen molar-refractivity contribution in [2.24, 2.45) is 0 Å². The van der Waals surface area contributed by atoms with Crippen LogP contribution >= 0.6 is 11.6 Å². The molecule has 3 aromatic rings. The predicted octanol–water partition coefficient (Wildman–Crippen LogP) is 4.41. The molecule has 2 aromatic heterocycles. The minimum atomic E-state index is 0.659. The number of pyridine rings is 1. The summed E-state index contributed by atoms with van der Waals surface area (Å²) in [6, 6.07) is 16.3. The number of rotatable bonds is 3. The molecule has 110 valence electrons. The SMILES string of the molecule is Cc1ccc(N(C)Cc2cc(C#N)c3ccc(Cl)cn23)cc1. The molecule has 0 aliphatic heterocycles. The Kier molecular flexibility index (Phi) is 3.79. The van der Waals surface area contributed by atoms with E-state index in [0.29, 0.717) is 17.1 Å². The molecule has 0 amide bonds. The zero-order valence-corrected chi connectivity index (χ0v) is 13.3. The second kappa shape index (κ2) is 5.75. The van der Waals surface area contributed by atoms with E-state index >= 15 is 0 Å². The lowest BCUT2D eigenvalue weighted by atomic mass is 10.2. The van der Waals surface area contributed by atoms with E-state index in [0.717, 1.165) is 16.9 Å². The van der Waals surface area contributed by atoms with E-state index in [4.69, 9.17) is 11.6 Å². The van der Waals surface area contributed by atoms with Crippen LogP contribution in [-0.2, 0) is 6.54 Å². The van der Waals surface area contributed by atoms with Crippen LogP contribution in [0.3, 0.4) is 0 Å². The van der Waals surface area contributed by atoms with Crippen LogP contribution in [0.4, 0.5) is 5.69 Å². The number of aromatic nitrogens is 1. The number of fused-ring (bicyclic) bond motifs is 1. The first-order chi connectivity index (χ1) is 10.6. The van der Waals surface area contributed by atoms with Crippen LogP contribution in [-0.4, -0.2) is 11.4 Å². The van der Waals surface area contributed by atoms with Crippen molar-refractivity contribution in [1.82, 2.24) is 4.40 Å². The largest absolute Gasteiger partial charge is 0.369 e. The molecule has 2 heterocycles. The van der Waals surface area contributed by atoms with Crippen LogP contribution in [0.25, 0.3) is 5.52 Å². The maximum absolute atomic E-state index is 9.29. The van der Waals surface area contributed by atoms with Crippen LogP contribution in [0, 0.1) is 18.3 Å². The summed E-state index contributed by atoms with van der Waals surface area (Å²) in [6.45, 7) is 2.78. The van der Waals surface area contributed by atoms with Crippen molar-refractivity contribution in [2.45, 2.75) is 13.5 Å². The van der Waals surface area contributed by atoms with Gasteiger partial charge in [-0.25, -0.2) is 0 Å². The monoisotopic (exact) mass is 309 g/mol. The van der Waals surface area contributed by atoms with E-state index in [-0.39, 0.29) is 0 Å². The lowest BCUT2D eigenvalue weighted by Gasteiger charge is -2.19. The van der Waals surface area contributed by atoms with Gasteiger partial charge in [-0.1, -0.05) is 29.3 Å². The fourth-order valence-electron chi connectivity index (χ4n) is 2.59. The lowest BCUT2D eigenvalue weighted by molar-refractivity contribution is 0.870. The molecule has 0 aliphatic carbocycles. The zero-order chi connectivity index (χ0) is 15.7. The number of benzene rings is 1. The number of nitriles is 1. The molecule has 0 bridgehead atoms. The fourth-order valence-corrected chi connectivity index (χ4v) is 2.75. The van der Waals surface area contributed by atoms with E-state index < -0.39 is 0 Å². The molecule has 3 rings (SSSR count). The molecular weight excluding hydrogens is 294 g/mol. The molecule has 0 saturated heterocycles. The summed E-state index contributed by atoms with van der Waals surface area (Å²) in [5.74, 6) is 0. The van der Waals surface area contributed by atoms with Gasteiger partial charge in [-0.15, -0.1) is 0 Å². The van der Waals surface area contributed by atoms with E-state index in [2.05, 4.69) is 42.2 Å². The van der Waals surface area contributed by atoms with Crippen LogP contribution in [0.1, 0.15) is 16.8 Å². The quantitative estimate of drug-likeness (QED) is 0.717. The molecule has 0 spiro atoms. The standard InChI is InChI=1S/C18H16ClN3/c1-13-3-6-16(7-4-13)21(2)12-17-9-14(10-20)18-8-5-15(19)11-22(17)18/h3-9,11H,12H2,1-2H3. The molecule has 4 heteroatoms. The molecule has 0 unspecified atom stereocenters. The Balaban J connectivity index is 1.98. The summed E-state index contributed by atoms with van der Waals surface area (Å²) >= 11 is 6.10. The summed E-state index contributed by atoms with van der Waals surface area (Å²) in [7, 11) is 2.04. The number of hydrogen-bond acceptors (Lipinski definition) is 2. The predicted molar refractivity (Wildman–Crippen MR) is 90.4 cm³/mol. The van der Waals surface area contributed by atoms with Gasteiger partial charge in [0.1, 0.15) is 6.07 Å². The Morgan fingerprint density at radius 1 is 1.18 bits per heavy atom. The number of anilines is 1. The maximum Gasteiger partial charge on any atom is 0.101 e. The number of hydrogen-bond donors (Lipinski definition) is 0. The summed E-state index contributed by atoms with van der Waals surface area (Å²) in [4.78, 5) is 2.16. The third kappa shape index (κ3) is 2.66. The molecule has 3 nitrogen and oxygen atoms in total. The summed E-state index contributed by atoms with van der Waals surface area (Å²) in [5.41, 5.74) is 4.98. The van der Waals surface area contributed by atoms with Gasteiger partial charge >= 0.3 is 0 Å². The summed E-state index contributed by atoms with van der Waals surface area (Å²) < 4.78 is 1.99. The Morgan fingerprint density at radius 2 is 1.91 bits per heavy atom. The van der Waals surface area contributed by atoms with E-state index in [1.54, 1.807) is 0 Å². The zero-order valence-electron chi connectivity index (χ0n) is 12.5. The van der Waals surface area contributed by atoms with Gasteiger partial charge in [-0.3, -0.25) is 0 Å². The van der Waals surface area contributed by atoms with Gasteiger partial charge in [-0.2, -0.15) is 5.26 Å². The minimum Gasteiger partial charge on any atom is -0.369 e. The molecule has 0 N–H and O–H groups in total. The highest BCUT2D eigenvalue weighted by atomic mass is 35.5. The molecule has 0 fully saturated rings. The molecule has 0 aliphatic rings. The van der Waals surface area contributed by atoms with Crippen molar-refractivity contribution < 1.29 is 0 Å². The fraction of sp³-hybridized carbons (Fsp3) is 0.167. The third-order valence-electron chi connectivity index (χ3n) is 3.80. The molecule has 22 heavy (non-hydrogen) atoms. The van der Waals surface area contributed by atoms with Gasteiger partial charge in [0.2, 0.25) is 0 Å². The van der Waals surface area contributed by atoms with Crippen LogP contribution in [0.15, 0.2) is 48.7 Å². The van der Waals surface area contributed by atoms with Crippen LogP contribution in [0.2, 0.25) is 5.02 Å². The van der Waals surface area contributed by atoms with Gasteiger partial charge in [0.05, 0.1) is 22.6 Å². The highest BCUT2D eigenvalue weighted by molar-refractivity contribution is 6.30. The van der Waals surface area contributed by atoms with E-state index in [1.807, 2.05) is 35.8 Å². The van der Waals surface area contributed by atoms with E-state index in [9.17, 15) is 5.26 Å². The molecule has 1 aromatic carbocycles. The van der Waals surface area contributed by atoms with Crippen molar-refractivity contribution in [1.29, 1.82) is 5.26 Å². The van der Waals surface area contributed by atoms with Gasteiger partial charge in [0, 0.05) is 24.6 Å². The first-order valence-corrected chi connectivity index (χ1v) is 7.43. The van der Waals surface area contributed by atoms with Gasteiger partial charge in [0.15, 0.2) is 0 Å². The first kappa shape index (κ1) is 14.5. The molecule has 0 atom stereocenters. The minimum absolute atomic E-state index is 0.659. The lowest BCUT2D eigenvalue weighted by Crippen LogP contribution is -2.17. The number of aryl methyl sites for hydroxylation is 1. The van der Waals surface area contributed by atoms with Gasteiger partial charge in [-0.05, 0) is 37.3 Å². The van der Waals surface area contributed by atoms with Crippen molar-refractivity contribution >= 4 is 22.8 Å². The smallest absolute Gasteiger partial charge is 0.101 e. The topological polar surface area (TPSA) is 31.4 Å². The van der Waals surface area contributed by atoms with Crippen molar-refractivity contribution in [2.75, 3.05) is 11.9 Å². The second-order valence-electron chi connectivity index (χ2n) is 5.46. The average Bonchev–Trinajstić information content (AvgIpc) is 2.85. The van der Waals surface area contributed by atoms with Crippen molar-refractivity contribution in [3.63, 3.8) is 0 Å². The normalized spacial score (nSPS) is 10.6. The van der Waals surface area contributed by atoms with Gasteiger partial charge in [0.25, 0.3) is 0 Å². The Labute approximate surface area is 135 Å². The first-order valence-electron chi connectivity index (χ1n) is 7.06. The molecule has 0 saturated carbocycles. The van der Waals surface area contributed by atoms with Crippen LogP contribution in [0.5, 0.6) is 0 Å². The summed E-state index contributed by atoms with van der Waals surface area (Å²) in [6.07, 6.45) is 1.86. The third-order valence-corrected chi connectivity index (χ3v) is 4.03. The van der Waals surface area contributed by atoms with Crippen molar-refractivity contribution in [3.05, 3.63) is 70.5 Å². The maximum atomic E-state index is 9.29. The van der Waals surface area contributed by atoms with Crippen molar-refractivity contribution in [3.8, 4) is 6.07 Å². The highest BCUT2D eigenvalue weighted by Crippen LogP contribution is 2.22. The number of halogens is 1. The van der Waals surface area contributed by atoms with Gasteiger partial charge < -0.3 is 9.30 Å². The highest BCUT2D eigenvalue weighted by Gasteiger charge is 2.11. The Bertz CT molecular complexity index is 856. The molecular formula is C18H16ClN3. The average molecular weight is 310 g/mol. The Morgan fingerprint density at radius 3 is 2.59 bits per heavy atom. The van der Waals surface area contributed by atoms with Crippen LogP contribution < -0.4 is 4.90 Å². The number of nitrogens with zero attached hydrogens (tertiary/aromatic N) is 3.